The number of hydrogen-bond donors (Lipinski definition) is 2. The van der Waals surface area contributed by atoms with Crippen LogP contribution in [0, 0.1) is 13.7 Å². The van der Waals surface area contributed by atoms with E-state index in [0.717, 1.165) is 20.5 Å². The maximum atomic E-state index is 10.6. The van der Waals surface area contributed by atoms with Crippen LogP contribution in [0.5, 0.6) is 0 Å². The van der Waals surface area contributed by atoms with E-state index in [1.165, 1.54) is 6.07 Å². The third kappa shape index (κ3) is 3.57. The fraction of sp³-hybridized carbons (Fsp3) is 0.0769. The van der Waals surface area contributed by atoms with Gasteiger partial charge in [-0.05, 0) is 46.4 Å². The molecule has 0 radical (unpaired) electrons. The molecule has 0 aliphatic heterocycles. The fourth-order valence-electron chi connectivity index (χ4n) is 1.59. The van der Waals surface area contributed by atoms with Crippen LogP contribution in [0.25, 0.3) is 0 Å². The second kappa shape index (κ2) is 5.87. The van der Waals surface area contributed by atoms with E-state index >= 15 is 0 Å². The number of hydrogen-bond acceptors (Lipinski definition) is 4. The normalized spacial score (nSPS) is 10.2. The molecule has 0 spiro atoms. The monoisotopic (exact) mass is 369 g/mol. The molecular formula is C13H12IN3O2. The van der Waals surface area contributed by atoms with E-state index in [2.05, 4.69) is 27.9 Å². The minimum absolute atomic E-state index is 0.0995. The van der Waals surface area contributed by atoms with Crippen molar-refractivity contribution >= 4 is 39.7 Å². The number of nitro benzene ring substituents is 1. The molecule has 0 saturated carbocycles. The number of nitrogens with zero attached hydrogens (tertiary/aromatic N) is 1. The summed E-state index contributed by atoms with van der Waals surface area (Å²) in [5.74, 6) is 0. The number of benzene rings is 2. The van der Waals surface area contributed by atoms with Crippen molar-refractivity contribution in [3.8, 4) is 0 Å². The average Bonchev–Trinajstić information content (AvgIpc) is 2.39. The Kier molecular flexibility index (Phi) is 4.20. The summed E-state index contributed by atoms with van der Waals surface area (Å²) < 4.78 is 0.822. The van der Waals surface area contributed by atoms with Crippen molar-refractivity contribution in [2.24, 2.45) is 0 Å². The smallest absolute Gasteiger partial charge is 0.270 e. The number of rotatable bonds is 4. The lowest BCUT2D eigenvalue weighted by molar-refractivity contribution is -0.384. The van der Waals surface area contributed by atoms with Crippen molar-refractivity contribution in [3.63, 3.8) is 0 Å². The third-order valence-electron chi connectivity index (χ3n) is 2.63. The second-order valence-electron chi connectivity index (χ2n) is 4.02. The summed E-state index contributed by atoms with van der Waals surface area (Å²) in [5, 5.41) is 13.9. The number of nitrogens with two attached hydrogens (primary N) is 1. The molecule has 2 rings (SSSR count). The van der Waals surface area contributed by atoms with Crippen LogP contribution in [0.15, 0.2) is 42.5 Å². The Hall–Kier alpha value is -1.83. The van der Waals surface area contributed by atoms with Crippen LogP contribution in [-0.2, 0) is 6.54 Å². The Morgan fingerprint density at radius 3 is 2.47 bits per heavy atom. The maximum absolute atomic E-state index is 10.6. The Morgan fingerprint density at radius 2 is 1.89 bits per heavy atom. The standard InChI is InChI=1S/C13H12IN3O2/c14-12-7-11(17(18)19)5-6-13(12)16-8-9-1-3-10(15)4-2-9/h1-7,16H,8,15H2. The average molecular weight is 369 g/mol. The van der Waals surface area contributed by atoms with E-state index in [-0.39, 0.29) is 5.69 Å². The van der Waals surface area contributed by atoms with E-state index in [1.54, 1.807) is 12.1 Å². The molecule has 0 atom stereocenters. The zero-order valence-electron chi connectivity index (χ0n) is 9.97. The van der Waals surface area contributed by atoms with Crippen LogP contribution in [-0.4, -0.2) is 4.92 Å². The van der Waals surface area contributed by atoms with Crippen molar-refractivity contribution in [2.75, 3.05) is 11.1 Å². The third-order valence-corrected chi connectivity index (χ3v) is 3.52. The molecule has 6 heteroatoms. The van der Waals surface area contributed by atoms with Crippen molar-refractivity contribution in [2.45, 2.75) is 6.54 Å². The van der Waals surface area contributed by atoms with Gasteiger partial charge >= 0.3 is 0 Å². The van der Waals surface area contributed by atoms with E-state index in [9.17, 15) is 10.1 Å². The van der Waals surface area contributed by atoms with Gasteiger partial charge in [-0.15, -0.1) is 0 Å². The molecule has 0 aliphatic carbocycles. The summed E-state index contributed by atoms with van der Waals surface area (Å²) >= 11 is 2.08. The van der Waals surface area contributed by atoms with E-state index in [0.29, 0.717) is 6.54 Å². The van der Waals surface area contributed by atoms with Crippen LogP contribution in [0.2, 0.25) is 0 Å². The SMILES string of the molecule is Nc1ccc(CNc2ccc([N+](=O)[O-])cc2I)cc1. The summed E-state index contributed by atoms with van der Waals surface area (Å²) in [5.41, 5.74) is 8.43. The molecule has 3 N–H and O–H groups in total. The molecule has 0 aromatic heterocycles. The van der Waals surface area contributed by atoms with Gasteiger partial charge in [0.2, 0.25) is 0 Å². The number of nitro groups is 1. The Balaban J connectivity index is 2.07. The Labute approximate surface area is 124 Å². The first-order chi connectivity index (χ1) is 9.06. The minimum Gasteiger partial charge on any atom is -0.399 e. The Bertz CT molecular complexity index is 599. The molecule has 0 unspecified atom stereocenters. The molecule has 98 valence electrons. The van der Waals surface area contributed by atoms with Crippen molar-refractivity contribution in [1.82, 2.24) is 0 Å². The van der Waals surface area contributed by atoms with Gasteiger partial charge in [-0.3, -0.25) is 10.1 Å². The highest BCUT2D eigenvalue weighted by Crippen LogP contribution is 2.24. The Morgan fingerprint density at radius 1 is 1.21 bits per heavy atom. The van der Waals surface area contributed by atoms with Gasteiger partial charge in [-0.2, -0.15) is 0 Å². The van der Waals surface area contributed by atoms with Crippen LogP contribution in [0.4, 0.5) is 17.1 Å². The van der Waals surface area contributed by atoms with E-state index in [4.69, 9.17) is 5.73 Å². The number of halogens is 1. The summed E-state index contributed by atoms with van der Waals surface area (Å²) in [6.45, 7) is 0.647. The molecule has 2 aromatic rings. The minimum atomic E-state index is -0.397. The predicted molar refractivity (Wildman–Crippen MR) is 84.0 cm³/mol. The lowest BCUT2D eigenvalue weighted by Gasteiger charge is -2.08. The highest BCUT2D eigenvalue weighted by molar-refractivity contribution is 14.1. The van der Waals surface area contributed by atoms with Gasteiger partial charge in [-0.1, -0.05) is 12.1 Å². The van der Waals surface area contributed by atoms with Gasteiger partial charge < -0.3 is 11.1 Å². The summed E-state index contributed by atoms with van der Waals surface area (Å²) in [6, 6.07) is 12.3. The van der Waals surface area contributed by atoms with Crippen molar-refractivity contribution < 1.29 is 4.92 Å². The first kappa shape index (κ1) is 13.6. The molecule has 2 aromatic carbocycles. The first-order valence-corrected chi connectivity index (χ1v) is 6.66. The molecule has 0 fully saturated rings. The molecule has 0 heterocycles. The van der Waals surface area contributed by atoms with Crippen molar-refractivity contribution in [3.05, 3.63) is 61.7 Å². The first-order valence-electron chi connectivity index (χ1n) is 5.58. The zero-order chi connectivity index (χ0) is 13.8. The van der Waals surface area contributed by atoms with Gasteiger partial charge in [-0.25, -0.2) is 0 Å². The van der Waals surface area contributed by atoms with Crippen LogP contribution in [0.1, 0.15) is 5.56 Å². The second-order valence-corrected chi connectivity index (χ2v) is 5.18. The maximum Gasteiger partial charge on any atom is 0.270 e. The van der Waals surface area contributed by atoms with Gasteiger partial charge in [0.1, 0.15) is 0 Å². The van der Waals surface area contributed by atoms with Gasteiger partial charge in [0.15, 0.2) is 0 Å². The highest BCUT2D eigenvalue weighted by Gasteiger charge is 2.08. The lowest BCUT2D eigenvalue weighted by Crippen LogP contribution is -2.01. The molecule has 0 amide bonds. The van der Waals surface area contributed by atoms with Gasteiger partial charge in [0.25, 0.3) is 5.69 Å². The lowest BCUT2D eigenvalue weighted by atomic mass is 10.2. The summed E-state index contributed by atoms with van der Waals surface area (Å²) in [6.07, 6.45) is 0. The summed E-state index contributed by atoms with van der Waals surface area (Å²) in [4.78, 5) is 10.2. The molecule has 0 aliphatic rings. The van der Waals surface area contributed by atoms with E-state index < -0.39 is 4.92 Å². The molecular weight excluding hydrogens is 357 g/mol. The molecule has 5 nitrogen and oxygen atoms in total. The number of non-ortho nitro benzene ring substituents is 1. The number of nitrogen functional groups attached to an aromatic ring is 1. The molecule has 19 heavy (non-hydrogen) atoms. The van der Waals surface area contributed by atoms with Crippen molar-refractivity contribution in [1.29, 1.82) is 0 Å². The predicted octanol–water partition coefficient (Wildman–Crippen LogP) is 3.39. The van der Waals surface area contributed by atoms with Crippen LogP contribution < -0.4 is 11.1 Å². The zero-order valence-corrected chi connectivity index (χ0v) is 12.1. The number of nitrogens with one attached hydrogen (secondary N) is 1. The quantitative estimate of drug-likeness (QED) is 0.375. The number of anilines is 2. The highest BCUT2D eigenvalue weighted by atomic mass is 127. The largest absolute Gasteiger partial charge is 0.399 e. The molecule has 0 bridgehead atoms. The molecule has 0 saturated heterocycles. The van der Waals surface area contributed by atoms with Gasteiger partial charge in [0.05, 0.1) is 4.92 Å². The topological polar surface area (TPSA) is 81.2 Å². The van der Waals surface area contributed by atoms with Crippen LogP contribution >= 0.6 is 22.6 Å². The van der Waals surface area contributed by atoms with Gasteiger partial charge in [0, 0.05) is 33.6 Å². The van der Waals surface area contributed by atoms with E-state index in [1.807, 2.05) is 24.3 Å². The van der Waals surface area contributed by atoms with Crippen LogP contribution in [0.3, 0.4) is 0 Å². The fourth-order valence-corrected chi connectivity index (χ4v) is 2.28. The summed E-state index contributed by atoms with van der Waals surface area (Å²) in [7, 11) is 0.